The molecule has 0 unspecified atom stereocenters. The molecular formula is C129H83N5O5Se. The van der Waals surface area contributed by atoms with E-state index in [9.17, 15) is 0 Å². The Hall–Kier alpha value is -17.9. The average molecular weight is 1860 g/mol. The molecule has 11 aromatic heterocycles. The van der Waals surface area contributed by atoms with Crippen molar-refractivity contribution in [2.45, 2.75) is 19.3 Å². The minimum atomic E-state index is -0.0271. The summed E-state index contributed by atoms with van der Waals surface area (Å²) in [4.78, 5) is 0. The van der Waals surface area contributed by atoms with Gasteiger partial charge in [-0.2, -0.15) is 0 Å². The Morgan fingerprint density at radius 2 is 0.543 bits per heavy atom. The van der Waals surface area contributed by atoms with Crippen LogP contribution in [0.3, 0.4) is 0 Å². The maximum absolute atomic E-state index is 5.99. The van der Waals surface area contributed by atoms with Gasteiger partial charge < -0.3 is 35.9 Å². The molecule has 0 amide bonds. The Labute approximate surface area is 807 Å². The number of para-hydroxylation sites is 5. The number of aromatic nitrogens is 5. The van der Waals surface area contributed by atoms with Crippen molar-refractivity contribution < 1.29 is 22.1 Å². The monoisotopic (exact) mass is 1860 g/mol. The standard InChI is InChI=1S/C29H21NO.C26H15NOSe.C26H17NO.2C24H15NO/c1-29(2)24-9-5-3-7-20(24)21-14-12-19(17-25(21)29)30-26-10-6-4-8-22(26)23-13-11-18-15-16-31-28(18)27(23)30;1-3-9-21-17(6-1)19-13-12-16-14-15-28-25(16)24(19)27(21)22-10-5-8-20-18-7-2-4-11-23(18)29-26(20)22;1-2-7-18(8-3-1)20-9-6-10-21(17-20)27-24-12-5-4-11-22(24)23-14-13-19-15-16-28-26(19)25(23)27;1-2-8-18-16(6-1)7-5-11-21(18)25-22-10-4-3-9-19(22)20-13-12-17-14-15-26-24(17)23(20)25;1-2-6-18-15-19(11-9-16(18)5-1)25-22-8-4-3-7-20(22)21-12-10-17-13-14-26-24(17)23(21)25/h3-17H,1-2H3;1-15H;1-17H;2*1-15H. The summed E-state index contributed by atoms with van der Waals surface area (Å²) in [6, 6.07) is 156. The van der Waals surface area contributed by atoms with E-state index in [1.54, 1.807) is 31.3 Å². The van der Waals surface area contributed by atoms with Gasteiger partial charge in [-0.05, 0) is 141 Å². The summed E-state index contributed by atoms with van der Waals surface area (Å²) in [7, 11) is 0. The van der Waals surface area contributed by atoms with Gasteiger partial charge in [-0.15, -0.1) is 0 Å². The van der Waals surface area contributed by atoms with Gasteiger partial charge in [-0.3, -0.25) is 0 Å². The molecule has 140 heavy (non-hydrogen) atoms. The topological polar surface area (TPSA) is 90.4 Å². The maximum Gasteiger partial charge on any atom is 0.158 e. The van der Waals surface area contributed by atoms with Crippen LogP contribution in [0.4, 0.5) is 0 Å². The molecule has 10 nitrogen and oxygen atoms in total. The number of fused-ring (bicyclic) bond motifs is 33. The maximum atomic E-state index is 5.99. The van der Waals surface area contributed by atoms with E-state index < -0.39 is 0 Å². The second-order valence-electron chi connectivity index (χ2n) is 36.9. The van der Waals surface area contributed by atoms with E-state index >= 15 is 0 Å². The van der Waals surface area contributed by atoms with E-state index in [1.807, 2.05) is 36.4 Å². The summed E-state index contributed by atoms with van der Waals surface area (Å²) < 4.78 is 44.4. The Kier molecular flexibility index (Phi) is 18.5. The largest absolute Gasteiger partial charge is 0.462 e. The Bertz CT molecular complexity index is 10400. The molecule has 0 atom stereocenters. The SMILES string of the molecule is CC1(C)c2ccccc2-c2ccc(-n3c4ccccc4c4ccc5ccoc5c43)cc21.c1ccc(-c2cccc(-n3c4ccccc4c4ccc5ccoc5c43)c2)cc1.c1ccc2c(-n3c4ccccc4c4ccc5ccoc5c43)cccc2c1.c1ccc2c(c1)[se]c1c(-n3c4ccccc4c4ccc5ccoc5c43)cccc12.c1ccc2cc(-n3c4ccccc4c4ccc5ccoc5c43)ccc2c1. The van der Waals surface area contributed by atoms with Gasteiger partial charge in [0.15, 0.2) is 22.3 Å². The third-order valence-electron chi connectivity index (χ3n) is 28.9. The molecule has 0 saturated carbocycles. The third-order valence-corrected chi connectivity index (χ3v) is 31.5. The summed E-state index contributed by atoms with van der Waals surface area (Å²) >= 11 is 0.289. The first kappa shape index (κ1) is 80.6. The Morgan fingerprint density at radius 3 is 1.06 bits per heavy atom. The van der Waals surface area contributed by atoms with E-state index in [4.69, 9.17) is 22.1 Å². The zero-order chi connectivity index (χ0) is 92.4. The quantitative estimate of drug-likeness (QED) is 0.155. The number of benzene rings is 20. The number of furan rings is 5. The van der Waals surface area contributed by atoms with Crippen LogP contribution in [-0.2, 0) is 5.41 Å². The smallest absolute Gasteiger partial charge is 0.158 e. The normalized spacial score (nSPS) is 12.4. The molecule has 0 spiro atoms. The Morgan fingerprint density at radius 1 is 0.200 bits per heavy atom. The van der Waals surface area contributed by atoms with Gasteiger partial charge in [0.25, 0.3) is 0 Å². The number of rotatable bonds is 6. The van der Waals surface area contributed by atoms with E-state index in [1.165, 1.54) is 173 Å². The van der Waals surface area contributed by atoms with Crippen LogP contribution >= 0.6 is 0 Å². The molecule has 1 aliphatic rings. The van der Waals surface area contributed by atoms with Crippen LogP contribution in [-0.4, -0.2) is 37.3 Å². The number of hydrogen-bond acceptors (Lipinski definition) is 5. The molecule has 0 saturated heterocycles. The van der Waals surface area contributed by atoms with Crippen LogP contribution in [0.15, 0.2) is 490 Å². The fraction of sp³-hybridized carbons (Fsp3) is 0.0233. The van der Waals surface area contributed by atoms with Crippen LogP contribution in [0.5, 0.6) is 0 Å². The fourth-order valence-electron chi connectivity index (χ4n) is 22.6. The van der Waals surface area contributed by atoms with Crippen LogP contribution in [0.1, 0.15) is 25.0 Å². The molecular weight excluding hydrogens is 1780 g/mol. The molecule has 11 heterocycles. The molecule has 1 aliphatic carbocycles. The molecule has 0 fully saturated rings. The second kappa shape index (κ2) is 32.2. The van der Waals surface area contributed by atoms with E-state index in [2.05, 4.69) is 437 Å². The molecule has 32 rings (SSSR count). The van der Waals surface area contributed by atoms with Crippen molar-refractivity contribution in [1.29, 1.82) is 0 Å². The molecule has 31 aromatic rings. The first-order chi connectivity index (χ1) is 69.3. The van der Waals surface area contributed by atoms with Gasteiger partial charge in [0.2, 0.25) is 0 Å². The number of nitrogens with zero attached hydrogens (tertiary/aromatic N) is 5. The summed E-state index contributed by atoms with van der Waals surface area (Å²) in [6.45, 7) is 4.66. The minimum absolute atomic E-state index is 0.0271. The van der Waals surface area contributed by atoms with Gasteiger partial charge in [0.05, 0.1) is 74.9 Å². The van der Waals surface area contributed by atoms with Crippen LogP contribution in [0.25, 0.3) is 255 Å². The van der Waals surface area contributed by atoms with Crippen molar-refractivity contribution in [3.63, 3.8) is 0 Å². The van der Waals surface area contributed by atoms with Crippen LogP contribution < -0.4 is 0 Å². The van der Waals surface area contributed by atoms with E-state index in [0.29, 0.717) is 0 Å². The fourth-order valence-corrected chi connectivity index (χ4v) is 25.1. The van der Waals surface area contributed by atoms with E-state index in [0.717, 1.165) is 93.8 Å². The number of hydrogen-bond donors (Lipinski definition) is 0. The molecule has 0 N–H and O–H groups in total. The zero-order valence-electron chi connectivity index (χ0n) is 76.1. The first-order valence-corrected chi connectivity index (χ1v) is 49.2. The molecule has 0 bridgehead atoms. The van der Waals surface area contributed by atoms with Crippen molar-refractivity contribution in [1.82, 2.24) is 22.8 Å². The molecule has 0 radical (unpaired) electrons. The van der Waals surface area contributed by atoms with Gasteiger partial charge in [0, 0.05) is 92.5 Å². The van der Waals surface area contributed by atoms with Crippen molar-refractivity contribution >= 4 is 219 Å². The van der Waals surface area contributed by atoms with Crippen molar-refractivity contribution in [3.05, 3.63) is 479 Å². The van der Waals surface area contributed by atoms with Gasteiger partial charge >= 0.3 is 172 Å². The van der Waals surface area contributed by atoms with Crippen molar-refractivity contribution in [3.8, 4) is 50.7 Å². The minimum Gasteiger partial charge on any atom is -0.462 e. The summed E-state index contributed by atoms with van der Waals surface area (Å²) in [6.07, 6.45) is 8.89. The molecule has 0 aliphatic heterocycles. The Balaban J connectivity index is 0.0000000860. The third kappa shape index (κ3) is 12.6. The predicted octanol–water partition coefficient (Wildman–Crippen LogP) is 35.3. The summed E-state index contributed by atoms with van der Waals surface area (Å²) in [5.74, 6) is 0. The summed E-state index contributed by atoms with van der Waals surface area (Å²) in [5, 5.41) is 25.7. The zero-order valence-corrected chi connectivity index (χ0v) is 77.9. The first-order valence-electron chi connectivity index (χ1n) is 47.5. The molecule has 660 valence electrons. The van der Waals surface area contributed by atoms with Crippen molar-refractivity contribution in [2.24, 2.45) is 0 Å². The van der Waals surface area contributed by atoms with Gasteiger partial charge in [-0.25, -0.2) is 0 Å². The van der Waals surface area contributed by atoms with E-state index in [-0.39, 0.29) is 19.9 Å². The molecule has 11 heteroatoms. The second-order valence-corrected chi connectivity index (χ2v) is 39.1. The van der Waals surface area contributed by atoms with Crippen LogP contribution in [0.2, 0.25) is 0 Å². The molecule has 20 aromatic carbocycles. The van der Waals surface area contributed by atoms with Crippen molar-refractivity contribution in [2.75, 3.05) is 0 Å². The average Bonchev–Trinajstić information content (AvgIpc) is 1.59. The van der Waals surface area contributed by atoms with Gasteiger partial charge in [0.1, 0.15) is 0 Å². The van der Waals surface area contributed by atoms with Gasteiger partial charge in [-0.1, -0.05) is 275 Å². The predicted molar refractivity (Wildman–Crippen MR) is 583 cm³/mol. The van der Waals surface area contributed by atoms with Crippen LogP contribution in [0, 0.1) is 0 Å². The summed E-state index contributed by atoms with van der Waals surface area (Å²) in [5.41, 5.74) is 30.2.